The Hall–Kier alpha value is -2.57. The molecule has 0 bridgehead atoms. The van der Waals surface area contributed by atoms with Crippen molar-refractivity contribution in [3.8, 4) is 5.75 Å². The third-order valence-corrected chi connectivity index (χ3v) is 4.45. The topological polar surface area (TPSA) is 62.8 Å². The summed E-state index contributed by atoms with van der Waals surface area (Å²) in [5.41, 5.74) is 1.89. The summed E-state index contributed by atoms with van der Waals surface area (Å²) in [6, 6.07) is 17.3. The number of carbonyl (C=O) groups excluding carboxylic acids is 1. The molecule has 3 rings (SSSR count). The Balaban J connectivity index is 1.67. The lowest BCUT2D eigenvalue weighted by Crippen LogP contribution is -2.44. The number of amides is 2. The first-order valence-corrected chi connectivity index (χ1v) is 8.82. The van der Waals surface area contributed by atoms with Crippen molar-refractivity contribution in [1.82, 2.24) is 10.2 Å². The molecule has 0 aliphatic carbocycles. The van der Waals surface area contributed by atoms with E-state index in [0.717, 1.165) is 30.1 Å². The largest absolute Gasteiger partial charge is 0.497 e. The standard InChI is InChI=1S/C20H25N3O3/c1-25-18-9-5-6-16(14-18)19(23-10-12-26-13-11-23)15-21-20(24)22-17-7-3-2-4-8-17/h2-9,14,19H,10-13,15H2,1H3,(H2,21,22,24)/t19-/m1/s1. The number of urea groups is 1. The highest BCUT2D eigenvalue weighted by molar-refractivity contribution is 5.89. The van der Waals surface area contributed by atoms with Gasteiger partial charge in [-0.2, -0.15) is 0 Å². The van der Waals surface area contributed by atoms with E-state index < -0.39 is 0 Å². The van der Waals surface area contributed by atoms with Gasteiger partial charge in [0, 0.05) is 25.3 Å². The molecule has 6 nitrogen and oxygen atoms in total. The van der Waals surface area contributed by atoms with E-state index >= 15 is 0 Å². The SMILES string of the molecule is COc1cccc([C@@H](CNC(=O)Nc2ccccc2)N2CCOCC2)c1. The second-order valence-corrected chi connectivity index (χ2v) is 6.14. The third kappa shape index (κ3) is 4.97. The van der Waals surface area contributed by atoms with Crippen LogP contribution in [0, 0.1) is 0 Å². The van der Waals surface area contributed by atoms with Gasteiger partial charge >= 0.3 is 6.03 Å². The van der Waals surface area contributed by atoms with Gasteiger partial charge in [0.2, 0.25) is 0 Å². The fourth-order valence-electron chi connectivity index (χ4n) is 3.08. The van der Waals surface area contributed by atoms with Gasteiger partial charge in [-0.15, -0.1) is 0 Å². The zero-order valence-electron chi connectivity index (χ0n) is 15.0. The molecular formula is C20H25N3O3. The van der Waals surface area contributed by atoms with Crippen LogP contribution in [0.5, 0.6) is 5.75 Å². The molecule has 138 valence electrons. The second-order valence-electron chi connectivity index (χ2n) is 6.14. The molecule has 1 fully saturated rings. The number of morpholine rings is 1. The second kappa shape index (κ2) is 9.22. The number of hydrogen-bond donors (Lipinski definition) is 2. The van der Waals surface area contributed by atoms with E-state index in [1.807, 2.05) is 48.5 Å². The average molecular weight is 355 g/mol. The molecule has 2 amide bonds. The minimum atomic E-state index is -0.211. The molecule has 1 aliphatic heterocycles. The van der Waals surface area contributed by atoms with Crippen LogP contribution in [0.3, 0.4) is 0 Å². The van der Waals surface area contributed by atoms with Gasteiger partial charge in [0.15, 0.2) is 0 Å². The fraction of sp³-hybridized carbons (Fsp3) is 0.350. The van der Waals surface area contributed by atoms with Crippen LogP contribution in [0.15, 0.2) is 54.6 Å². The van der Waals surface area contributed by atoms with Crippen LogP contribution in [-0.2, 0) is 4.74 Å². The molecular weight excluding hydrogens is 330 g/mol. The molecule has 0 aromatic heterocycles. The zero-order chi connectivity index (χ0) is 18.2. The predicted molar refractivity (Wildman–Crippen MR) is 102 cm³/mol. The molecule has 1 atom stereocenters. The number of para-hydroxylation sites is 1. The molecule has 0 radical (unpaired) electrons. The Morgan fingerprint density at radius 3 is 2.65 bits per heavy atom. The Kier molecular flexibility index (Phi) is 6.46. The van der Waals surface area contributed by atoms with Crippen molar-refractivity contribution >= 4 is 11.7 Å². The van der Waals surface area contributed by atoms with Gasteiger partial charge in [0.1, 0.15) is 5.75 Å². The van der Waals surface area contributed by atoms with Crippen LogP contribution in [-0.4, -0.2) is 50.9 Å². The number of rotatable bonds is 6. The molecule has 1 heterocycles. The van der Waals surface area contributed by atoms with Gasteiger partial charge in [-0.05, 0) is 29.8 Å². The fourth-order valence-corrected chi connectivity index (χ4v) is 3.08. The normalized spacial score (nSPS) is 15.9. The quantitative estimate of drug-likeness (QED) is 0.836. The predicted octanol–water partition coefficient (Wildman–Crippen LogP) is 2.89. The Morgan fingerprint density at radius 2 is 1.92 bits per heavy atom. The molecule has 0 saturated carbocycles. The lowest BCUT2D eigenvalue weighted by molar-refractivity contribution is 0.0167. The van der Waals surface area contributed by atoms with Crippen LogP contribution in [0.1, 0.15) is 11.6 Å². The van der Waals surface area contributed by atoms with E-state index in [0.29, 0.717) is 19.8 Å². The van der Waals surface area contributed by atoms with E-state index in [2.05, 4.69) is 21.6 Å². The number of anilines is 1. The minimum Gasteiger partial charge on any atom is -0.497 e. The summed E-state index contributed by atoms with van der Waals surface area (Å²) < 4.78 is 10.8. The van der Waals surface area contributed by atoms with E-state index in [1.54, 1.807) is 7.11 Å². The Morgan fingerprint density at radius 1 is 1.15 bits per heavy atom. The lowest BCUT2D eigenvalue weighted by atomic mass is 10.0. The van der Waals surface area contributed by atoms with Gasteiger partial charge in [-0.25, -0.2) is 4.79 Å². The van der Waals surface area contributed by atoms with E-state index in [1.165, 1.54) is 0 Å². The summed E-state index contributed by atoms with van der Waals surface area (Å²) in [5.74, 6) is 0.814. The summed E-state index contributed by atoms with van der Waals surface area (Å²) in [5, 5.41) is 5.85. The summed E-state index contributed by atoms with van der Waals surface area (Å²) >= 11 is 0. The first-order valence-electron chi connectivity index (χ1n) is 8.82. The van der Waals surface area contributed by atoms with E-state index in [-0.39, 0.29) is 12.1 Å². The van der Waals surface area contributed by atoms with Crippen molar-refractivity contribution in [1.29, 1.82) is 0 Å². The van der Waals surface area contributed by atoms with Gasteiger partial charge in [-0.3, -0.25) is 4.90 Å². The number of nitrogens with one attached hydrogen (secondary N) is 2. The molecule has 1 aliphatic rings. The van der Waals surface area contributed by atoms with Crippen molar-refractivity contribution in [3.63, 3.8) is 0 Å². The molecule has 26 heavy (non-hydrogen) atoms. The summed E-state index contributed by atoms with van der Waals surface area (Å²) in [6.07, 6.45) is 0. The zero-order valence-corrected chi connectivity index (χ0v) is 15.0. The minimum absolute atomic E-state index is 0.0653. The maximum atomic E-state index is 12.3. The molecule has 0 spiro atoms. The van der Waals surface area contributed by atoms with Crippen molar-refractivity contribution in [2.45, 2.75) is 6.04 Å². The van der Waals surface area contributed by atoms with Crippen LogP contribution in [0.25, 0.3) is 0 Å². The van der Waals surface area contributed by atoms with Gasteiger partial charge in [-0.1, -0.05) is 30.3 Å². The van der Waals surface area contributed by atoms with Crippen molar-refractivity contribution < 1.29 is 14.3 Å². The molecule has 2 aromatic rings. The van der Waals surface area contributed by atoms with Crippen molar-refractivity contribution in [2.75, 3.05) is 45.3 Å². The maximum Gasteiger partial charge on any atom is 0.319 e. The van der Waals surface area contributed by atoms with Crippen LogP contribution >= 0.6 is 0 Å². The van der Waals surface area contributed by atoms with E-state index in [9.17, 15) is 4.79 Å². The number of carbonyl (C=O) groups is 1. The number of ether oxygens (including phenoxy) is 2. The number of benzene rings is 2. The third-order valence-electron chi connectivity index (χ3n) is 4.45. The first kappa shape index (κ1) is 18.2. The number of methoxy groups -OCH3 is 1. The summed E-state index contributed by atoms with van der Waals surface area (Å²) in [4.78, 5) is 14.6. The number of hydrogen-bond acceptors (Lipinski definition) is 4. The maximum absolute atomic E-state index is 12.3. The average Bonchev–Trinajstić information content (AvgIpc) is 2.70. The van der Waals surface area contributed by atoms with Crippen molar-refractivity contribution in [2.24, 2.45) is 0 Å². The van der Waals surface area contributed by atoms with Gasteiger partial charge in [0.05, 0.1) is 26.4 Å². The Bertz CT molecular complexity index is 702. The highest BCUT2D eigenvalue weighted by atomic mass is 16.5. The Labute approximate surface area is 154 Å². The van der Waals surface area contributed by atoms with Gasteiger partial charge < -0.3 is 20.1 Å². The monoisotopic (exact) mass is 355 g/mol. The molecule has 0 unspecified atom stereocenters. The van der Waals surface area contributed by atoms with Crippen molar-refractivity contribution in [3.05, 3.63) is 60.2 Å². The molecule has 2 aromatic carbocycles. The smallest absolute Gasteiger partial charge is 0.319 e. The molecule has 1 saturated heterocycles. The highest BCUT2D eigenvalue weighted by Gasteiger charge is 2.23. The molecule has 6 heteroatoms. The van der Waals surface area contributed by atoms with Crippen LogP contribution < -0.4 is 15.4 Å². The number of nitrogens with zero attached hydrogens (tertiary/aromatic N) is 1. The van der Waals surface area contributed by atoms with Crippen LogP contribution in [0.2, 0.25) is 0 Å². The first-order chi connectivity index (χ1) is 12.8. The summed E-state index contributed by atoms with van der Waals surface area (Å²) in [7, 11) is 1.66. The van der Waals surface area contributed by atoms with Gasteiger partial charge in [0.25, 0.3) is 0 Å². The molecule has 2 N–H and O–H groups in total. The highest BCUT2D eigenvalue weighted by Crippen LogP contribution is 2.24. The summed E-state index contributed by atoms with van der Waals surface area (Å²) in [6.45, 7) is 3.59. The van der Waals surface area contributed by atoms with E-state index in [4.69, 9.17) is 9.47 Å². The lowest BCUT2D eigenvalue weighted by Gasteiger charge is -2.35. The van der Waals surface area contributed by atoms with Crippen LogP contribution in [0.4, 0.5) is 10.5 Å².